The summed E-state index contributed by atoms with van der Waals surface area (Å²) in [5, 5.41) is 3.58. The highest BCUT2D eigenvalue weighted by molar-refractivity contribution is 5.37. The second-order valence-corrected chi connectivity index (χ2v) is 4.60. The summed E-state index contributed by atoms with van der Waals surface area (Å²) in [5.74, 6) is 1.01. The highest BCUT2D eigenvalue weighted by Crippen LogP contribution is 2.31. The van der Waals surface area contributed by atoms with Gasteiger partial charge in [0.1, 0.15) is 5.75 Å². The van der Waals surface area contributed by atoms with Crippen LogP contribution in [0.5, 0.6) is 5.75 Å². The van der Waals surface area contributed by atoms with E-state index in [0.717, 1.165) is 25.3 Å². The van der Waals surface area contributed by atoms with Crippen LogP contribution in [0.1, 0.15) is 23.7 Å². The van der Waals surface area contributed by atoms with E-state index in [1.165, 1.54) is 11.3 Å². The van der Waals surface area contributed by atoms with Crippen molar-refractivity contribution in [3.63, 3.8) is 0 Å². The number of nitrogens with zero attached hydrogens (tertiary/aromatic N) is 2. The second kappa shape index (κ2) is 4.82. The molecule has 2 aromatic rings. The third kappa shape index (κ3) is 2.11. The molecule has 0 bridgehead atoms. The lowest BCUT2D eigenvalue weighted by Crippen LogP contribution is -2.27. The first-order chi connectivity index (χ1) is 8.84. The molecule has 1 aromatic carbocycles. The summed E-state index contributed by atoms with van der Waals surface area (Å²) in [4.78, 5) is 4.13. The van der Waals surface area contributed by atoms with Crippen LogP contribution in [0, 0.1) is 0 Å². The first-order valence-corrected chi connectivity index (χ1v) is 6.25. The van der Waals surface area contributed by atoms with E-state index in [1.54, 1.807) is 0 Å². The van der Waals surface area contributed by atoms with E-state index in [1.807, 2.05) is 36.3 Å². The Morgan fingerprint density at radius 3 is 3.17 bits per heavy atom. The van der Waals surface area contributed by atoms with Gasteiger partial charge in [-0.15, -0.1) is 0 Å². The maximum atomic E-state index is 5.66. The van der Waals surface area contributed by atoms with Crippen LogP contribution < -0.4 is 10.1 Å². The third-order valence-electron chi connectivity index (χ3n) is 3.40. The molecule has 0 unspecified atom stereocenters. The topological polar surface area (TPSA) is 39.1 Å². The minimum atomic E-state index is 0.366. The van der Waals surface area contributed by atoms with Gasteiger partial charge in [0.05, 0.1) is 18.6 Å². The van der Waals surface area contributed by atoms with Crippen LogP contribution in [0.25, 0.3) is 0 Å². The van der Waals surface area contributed by atoms with Gasteiger partial charge in [-0.3, -0.25) is 0 Å². The van der Waals surface area contributed by atoms with Gasteiger partial charge >= 0.3 is 0 Å². The molecule has 2 heterocycles. The van der Waals surface area contributed by atoms with Crippen LogP contribution in [0.3, 0.4) is 0 Å². The molecule has 0 aliphatic carbocycles. The minimum absolute atomic E-state index is 0.366. The number of hydrogen-bond acceptors (Lipinski definition) is 3. The zero-order valence-corrected chi connectivity index (χ0v) is 10.5. The van der Waals surface area contributed by atoms with Gasteiger partial charge in [-0.1, -0.05) is 18.2 Å². The van der Waals surface area contributed by atoms with E-state index in [-0.39, 0.29) is 0 Å². The summed E-state index contributed by atoms with van der Waals surface area (Å²) in [6.45, 7) is 1.61. The third-order valence-corrected chi connectivity index (χ3v) is 3.40. The van der Waals surface area contributed by atoms with Gasteiger partial charge in [-0.2, -0.15) is 0 Å². The second-order valence-electron chi connectivity index (χ2n) is 4.60. The summed E-state index contributed by atoms with van der Waals surface area (Å²) in [6.07, 6.45) is 4.74. The van der Waals surface area contributed by atoms with E-state index in [0.29, 0.717) is 6.04 Å². The van der Waals surface area contributed by atoms with E-state index in [4.69, 9.17) is 4.74 Å². The fourth-order valence-electron chi connectivity index (χ4n) is 2.34. The fourth-order valence-corrected chi connectivity index (χ4v) is 2.34. The summed E-state index contributed by atoms with van der Waals surface area (Å²) in [6, 6.07) is 8.61. The predicted molar refractivity (Wildman–Crippen MR) is 69.3 cm³/mol. The van der Waals surface area contributed by atoms with Crippen molar-refractivity contribution in [3.8, 4) is 5.75 Å². The number of aryl methyl sites for hydroxylation is 1. The van der Waals surface area contributed by atoms with Crippen molar-refractivity contribution < 1.29 is 4.74 Å². The van der Waals surface area contributed by atoms with Gasteiger partial charge in [0, 0.05) is 37.8 Å². The van der Waals surface area contributed by atoms with Gasteiger partial charge in [0.2, 0.25) is 0 Å². The quantitative estimate of drug-likeness (QED) is 0.896. The van der Waals surface area contributed by atoms with Crippen LogP contribution in [-0.2, 0) is 13.6 Å². The zero-order valence-electron chi connectivity index (χ0n) is 10.5. The highest BCUT2D eigenvalue weighted by atomic mass is 16.5. The normalized spacial score (nSPS) is 18.2. The molecule has 1 aliphatic rings. The Bertz CT molecular complexity index is 535. The van der Waals surface area contributed by atoms with Crippen molar-refractivity contribution in [3.05, 3.63) is 48.0 Å². The number of ether oxygens (including phenoxy) is 1. The lowest BCUT2D eigenvalue weighted by molar-refractivity contribution is 0.251. The van der Waals surface area contributed by atoms with Gasteiger partial charge in [-0.25, -0.2) is 4.98 Å². The zero-order chi connectivity index (χ0) is 12.4. The van der Waals surface area contributed by atoms with Crippen LogP contribution in [0.15, 0.2) is 36.8 Å². The van der Waals surface area contributed by atoms with Gasteiger partial charge in [0.25, 0.3) is 0 Å². The summed E-state index contributed by atoms with van der Waals surface area (Å²) in [5.41, 5.74) is 2.45. The SMILES string of the molecule is Cn1cncc1CN[C@@H]1CCOc2ccccc21. The first-order valence-electron chi connectivity index (χ1n) is 6.25. The molecule has 18 heavy (non-hydrogen) atoms. The Balaban J connectivity index is 1.73. The molecule has 0 spiro atoms. The van der Waals surface area contributed by atoms with E-state index >= 15 is 0 Å². The molecule has 4 heteroatoms. The minimum Gasteiger partial charge on any atom is -0.493 e. The van der Waals surface area contributed by atoms with Crippen molar-refractivity contribution in [2.75, 3.05) is 6.61 Å². The van der Waals surface area contributed by atoms with Crippen LogP contribution in [0.2, 0.25) is 0 Å². The average Bonchev–Trinajstić information content (AvgIpc) is 2.82. The molecule has 0 saturated heterocycles. The van der Waals surface area contributed by atoms with Gasteiger partial charge in [-0.05, 0) is 6.07 Å². The number of imidazole rings is 1. The Labute approximate surface area is 107 Å². The van der Waals surface area contributed by atoms with E-state index in [9.17, 15) is 0 Å². The van der Waals surface area contributed by atoms with E-state index < -0.39 is 0 Å². The molecule has 4 nitrogen and oxygen atoms in total. The Morgan fingerprint density at radius 1 is 1.44 bits per heavy atom. The standard InChI is InChI=1S/C14H17N3O/c1-17-10-15-8-11(17)9-16-13-6-7-18-14-5-3-2-4-12(13)14/h2-5,8,10,13,16H,6-7,9H2,1H3/t13-/m1/s1. The Morgan fingerprint density at radius 2 is 2.33 bits per heavy atom. The molecular weight excluding hydrogens is 226 g/mol. The maximum absolute atomic E-state index is 5.66. The number of benzene rings is 1. The molecule has 0 fully saturated rings. The predicted octanol–water partition coefficient (Wildman–Crippen LogP) is 2.03. The van der Waals surface area contributed by atoms with Crippen molar-refractivity contribution in [2.45, 2.75) is 19.0 Å². The monoisotopic (exact) mass is 243 g/mol. The molecule has 3 rings (SSSR count). The van der Waals surface area contributed by atoms with Crippen molar-refractivity contribution in [1.82, 2.24) is 14.9 Å². The highest BCUT2D eigenvalue weighted by Gasteiger charge is 2.20. The van der Waals surface area contributed by atoms with Gasteiger partial charge < -0.3 is 14.6 Å². The number of para-hydroxylation sites is 1. The molecule has 1 aliphatic heterocycles. The first kappa shape index (κ1) is 11.3. The molecule has 0 amide bonds. The number of aromatic nitrogens is 2. The summed E-state index contributed by atoms with van der Waals surface area (Å²) in [7, 11) is 2.02. The molecule has 94 valence electrons. The smallest absolute Gasteiger partial charge is 0.124 e. The molecule has 1 atom stereocenters. The summed E-state index contributed by atoms with van der Waals surface area (Å²) >= 11 is 0. The fraction of sp³-hybridized carbons (Fsp3) is 0.357. The summed E-state index contributed by atoms with van der Waals surface area (Å²) < 4.78 is 7.70. The lowest BCUT2D eigenvalue weighted by Gasteiger charge is -2.26. The average molecular weight is 243 g/mol. The molecule has 0 radical (unpaired) electrons. The Hall–Kier alpha value is -1.81. The van der Waals surface area contributed by atoms with E-state index in [2.05, 4.69) is 22.4 Å². The molecule has 1 aromatic heterocycles. The van der Waals surface area contributed by atoms with Crippen LogP contribution in [-0.4, -0.2) is 16.2 Å². The Kier molecular flexibility index (Phi) is 3.02. The largest absolute Gasteiger partial charge is 0.493 e. The van der Waals surface area contributed by atoms with Crippen molar-refractivity contribution >= 4 is 0 Å². The van der Waals surface area contributed by atoms with Crippen molar-refractivity contribution in [2.24, 2.45) is 7.05 Å². The maximum Gasteiger partial charge on any atom is 0.124 e. The molecule has 1 N–H and O–H groups in total. The number of fused-ring (bicyclic) bond motifs is 1. The lowest BCUT2D eigenvalue weighted by atomic mass is 10.0. The number of hydrogen-bond donors (Lipinski definition) is 1. The van der Waals surface area contributed by atoms with Crippen LogP contribution >= 0.6 is 0 Å². The number of rotatable bonds is 3. The molecular formula is C14H17N3O. The van der Waals surface area contributed by atoms with Crippen molar-refractivity contribution in [1.29, 1.82) is 0 Å². The van der Waals surface area contributed by atoms with Crippen LogP contribution in [0.4, 0.5) is 0 Å². The van der Waals surface area contributed by atoms with Gasteiger partial charge in [0.15, 0.2) is 0 Å². The molecule has 0 saturated carbocycles. The number of nitrogens with one attached hydrogen (secondary N) is 1.